The van der Waals surface area contributed by atoms with Gasteiger partial charge >= 0.3 is 5.69 Å². The van der Waals surface area contributed by atoms with Crippen molar-refractivity contribution in [2.75, 3.05) is 0 Å². The summed E-state index contributed by atoms with van der Waals surface area (Å²) < 4.78 is 22.0. The number of aromatic nitrogens is 4. The molecule has 3 rings (SSSR count). The summed E-state index contributed by atoms with van der Waals surface area (Å²) in [6.45, 7) is 0.0585. The van der Waals surface area contributed by atoms with Crippen LogP contribution < -0.4 is 10.4 Å². The van der Waals surface area contributed by atoms with E-state index in [1.165, 1.54) is 25.2 Å². The molecule has 6 nitrogen and oxygen atoms in total. The summed E-state index contributed by atoms with van der Waals surface area (Å²) in [5.74, 6) is -0.239. The van der Waals surface area contributed by atoms with Gasteiger partial charge in [0, 0.05) is 23.2 Å². The summed E-state index contributed by atoms with van der Waals surface area (Å²) >= 11 is 9.43. The molecule has 0 atom stereocenters. The van der Waals surface area contributed by atoms with Crippen LogP contribution in [-0.2, 0) is 13.7 Å². The fourth-order valence-electron chi connectivity index (χ4n) is 2.09. The highest BCUT2D eigenvalue weighted by Gasteiger charge is 2.15. The molecule has 9 heteroatoms. The molecule has 24 heavy (non-hydrogen) atoms. The van der Waals surface area contributed by atoms with Crippen LogP contribution in [0.2, 0.25) is 5.02 Å². The molecular formula is C15H11BrClFN4O2. The molecule has 124 valence electrons. The molecule has 1 aromatic heterocycles. The third kappa shape index (κ3) is 3.20. The van der Waals surface area contributed by atoms with Crippen molar-refractivity contribution in [3.63, 3.8) is 0 Å². The van der Waals surface area contributed by atoms with E-state index in [0.29, 0.717) is 20.7 Å². The predicted molar refractivity (Wildman–Crippen MR) is 90.0 cm³/mol. The summed E-state index contributed by atoms with van der Waals surface area (Å²) in [4.78, 5) is 12.1. The number of rotatable bonds is 4. The second-order valence-electron chi connectivity index (χ2n) is 4.90. The Hall–Kier alpha value is -2.19. The van der Waals surface area contributed by atoms with Crippen molar-refractivity contribution in [2.24, 2.45) is 7.05 Å². The van der Waals surface area contributed by atoms with Gasteiger partial charge in [-0.25, -0.2) is 9.18 Å². The van der Waals surface area contributed by atoms with Crippen LogP contribution in [-0.4, -0.2) is 19.8 Å². The predicted octanol–water partition coefficient (Wildman–Crippen LogP) is 3.10. The van der Waals surface area contributed by atoms with Crippen molar-refractivity contribution in [3.8, 4) is 11.4 Å². The molecule has 2 aromatic carbocycles. The highest BCUT2D eigenvalue weighted by Crippen LogP contribution is 2.28. The molecule has 0 unspecified atom stereocenters. The average molecular weight is 414 g/mol. The van der Waals surface area contributed by atoms with Crippen LogP contribution in [0, 0.1) is 5.82 Å². The van der Waals surface area contributed by atoms with Crippen LogP contribution in [0.3, 0.4) is 0 Å². The van der Waals surface area contributed by atoms with E-state index in [9.17, 15) is 9.18 Å². The number of hydrogen-bond donors (Lipinski definition) is 0. The molecule has 0 fully saturated rings. The molecule has 0 amide bonds. The van der Waals surface area contributed by atoms with Gasteiger partial charge in [-0.1, -0.05) is 33.6 Å². The van der Waals surface area contributed by atoms with Gasteiger partial charge in [-0.05, 0) is 34.7 Å². The summed E-state index contributed by atoms with van der Waals surface area (Å²) in [6, 6.07) is 9.15. The fourth-order valence-corrected chi connectivity index (χ4v) is 2.73. The summed E-state index contributed by atoms with van der Waals surface area (Å²) in [5, 5.41) is 7.82. The van der Waals surface area contributed by atoms with Gasteiger partial charge in [-0.2, -0.15) is 9.36 Å². The van der Waals surface area contributed by atoms with Crippen LogP contribution in [0.15, 0.2) is 45.7 Å². The molecule has 0 saturated heterocycles. The van der Waals surface area contributed by atoms with Gasteiger partial charge in [0.1, 0.15) is 18.2 Å². The first-order valence-electron chi connectivity index (χ1n) is 6.82. The summed E-state index contributed by atoms with van der Waals surface area (Å²) in [5.41, 5.74) is 0.772. The van der Waals surface area contributed by atoms with E-state index < -0.39 is 11.5 Å². The summed E-state index contributed by atoms with van der Waals surface area (Å²) in [6.07, 6.45) is 0. The monoisotopic (exact) mass is 412 g/mol. The van der Waals surface area contributed by atoms with Crippen LogP contribution in [0.4, 0.5) is 4.39 Å². The van der Waals surface area contributed by atoms with E-state index in [1.54, 1.807) is 18.2 Å². The third-order valence-corrected chi connectivity index (χ3v) is 4.36. The molecule has 0 N–H and O–H groups in total. The largest absolute Gasteiger partial charge is 0.487 e. The zero-order valence-electron chi connectivity index (χ0n) is 12.4. The van der Waals surface area contributed by atoms with Crippen LogP contribution in [0.5, 0.6) is 5.75 Å². The van der Waals surface area contributed by atoms with Crippen molar-refractivity contribution in [3.05, 3.63) is 67.8 Å². The smallest absolute Gasteiger partial charge is 0.368 e. The first kappa shape index (κ1) is 16.7. The van der Waals surface area contributed by atoms with E-state index in [2.05, 4.69) is 26.4 Å². The maximum Gasteiger partial charge on any atom is 0.368 e. The van der Waals surface area contributed by atoms with E-state index in [4.69, 9.17) is 16.3 Å². The van der Waals surface area contributed by atoms with Gasteiger partial charge < -0.3 is 4.74 Å². The second kappa shape index (κ2) is 6.74. The molecule has 1 heterocycles. The summed E-state index contributed by atoms with van der Waals surface area (Å²) in [7, 11) is 1.51. The highest BCUT2D eigenvalue weighted by atomic mass is 79.9. The number of nitrogens with zero attached hydrogens (tertiary/aromatic N) is 4. The third-order valence-electron chi connectivity index (χ3n) is 3.31. The van der Waals surface area contributed by atoms with Crippen LogP contribution >= 0.6 is 27.5 Å². The van der Waals surface area contributed by atoms with Gasteiger partial charge in [0.05, 0.1) is 10.7 Å². The average Bonchev–Trinajstić information content (AvgIpc) is 2.88. The minimum atomic E-state index is -0.452. The van der Waals surface area contributed by atoms with Crippen molar-refractivity contribution in [1.29, 1.82) is 0 Å². The van der Waals surface area contributed by atoms with Crippen molar-refractivity contribution >= 4 is 27.5 Å². The topological polar surface area (TPSA) is 61.9 Å². The Morgan fingerprint density at radius 3 is 2.79 bits per heavy atom. The van der Waals surface area contributed by atoms with Gasteiger partial charge in [-0.15, -0.1) is 0 Å². The van der Waals surface area contributed by atoms with Crippen molar-refractivity contribution < 1.29 is 9.13 Å². The van der Waals surface area contributed by atoms with E-state index in [-0.39, 0.29) is 12.4 Å². The Kier molecular flexibility index (Phi) is 4.68. The minimum absolute atomic E-state index is 0.0585. The number of benzene rings is 2. The molecule has 0 aliphatic rings. The number of tetrazole rings is 1. The standard InChI is InChI=1S/C15H11BrClFN4O2/c1-21-15(23)22(20-19-21)13-4-2-3-11(16)10(13)8-24-14-7-9(18)5-6-12(14)17/h2-7H,8H2,1H3. The SMILES string of the molecule is Cn1nnn(-c2cccc(Br)c2COc2cc(F)ccc2Cl)c1=O. The van der Waals surface area contributed by atoms with E-state index in [1.807, 2.05) is 0 Å². The molecule has 0 radical (unpaired) electrons. The number of ether oxygens (including phenoxy) is 1. The van der Waals surface area contributed by atoms with E-state index in [0.717, 1.165) is 9.36 Å². The van der Waals surface area contributed by atoms with Crippen LogP contribution in [0.25, 0.3) is 5.69 Å². The lowest BCUT2D eigenvalue weighted by Crippen LogP contribution is -2.23. The number of halogens is 3. The highest BCUT2D eigenvalue weighted by molar-refractivity contribution is 9.10. The Morgan fingerprint density at radius 1 is 1.29 bits per heavy atom. The minimum Gasteiger partial charge on any atom is -0.487 e. The first-order valence-corrected chi connectivity index (χ1v) is 7.99. The lowest BCUT2D eigenvalue weighted by Gasteiger charge is -2.13. The van der Waals surface area contributed by atoms with Gasteiger partial charge in [0.2, 0.25) is 0 Å². The lowest BCUT2D eigenvalue weighted by atomic mass is 10.2. The quantitative estimate of drug-likeness (QED) is 0.659. The normalized spacial score (nSPS) is 10.8. The second-order valence-corrected chi connectivity index (χ2v) is 6.16. The van der Waals surface area contributed by atoms with Crippen LogP contribution in [0.1, 0.15) is 5.56 Å². The molecule has 0 aliphatic heterocycles. The number of hydrogen-bond acceptors (Lipinski definition) is 4. The van der Waals surface area contributed by atoms with Gasteiger partial charge in [0.25, 0.3) is 0 Å². The zero-order valence-corrected chi connectivity index (χ0v) is 14.8. The molecule has 3 aromatic rings. The fraction of sp³-hybridized carbons (Fsp3) is 0.133. The lowest BCUT2D eigenvalue weighted by molar-refractivity contribution is 0.303. The Morgan fingerprint density at radius 2 is 2.08 bits per heavy atom. The van der Waals surface area contributed by atoms with Gasteiger partial charge in [0.15, 0.2) is 0 Å². The van der Waals surface area contributed by atoms with Crippen molar-refractivity contribution in [1.82, 2.24) is 19.8 Å². The van der Waals surface area contributed by atoms with Gasteiger partial charge in [-0.3, -0.25) is 0 Å². The molecule has 0 spiro atoms. The Labute approximate surface area is 149 Å². The first-order chi connectivity index (χ1) is 11.5. The molecule has 0 saturated carbocycles. The maximum absolute atomic E-state index is 13.3. The Balaban J connectivity index is 1.98. The Bertz CT molecular complexity index is 957. The zero-order chi connectivity index (χ0) is 17.3. The molecule has 0 aliphatic carbocycles. The maximum atomic E-state index is 13.3. The van der Waals surface area contributed by atoms with E-state index >= 15 is 0 Å². The van der Waals surface area contributed by atoms with Crippen molar-refractivity contribution in [2.45, 2.75) is 6.61 Å². The number of aryl methyl sites for hydroxylation is 1. The molecule has 0 bridgehead atoms. The molecular weight excluding hydrogens is 403 g/mol.